The molecule has 0 aromatic heterocycles. The van der Waals surface area contributed by atoms with Crippen molar-refractivity contribution in [2.45, 2.75) is 31.1 Å². The van der Waals surface area contributed by atoms with Crippen LogP contribution in [0.5, 0.6) is 0 Å². The summed E-state index contributed by atoms with van der Waals surface area (Å²) in [7, 11) is -2.90. The summed E-state index contributed by atoms with van der Waals surface area (Å²) >= 11 is 0. The molecule has 0 radical (unpaired) electrons. The van der Waals surface area contributed by atoms with Crippen molar-refractivity contribution in [2.75, 3.05) is 18.1 Å². The fourth-order valence-electron chi connectivity index (χ4n) is 3.15. The zero-order chi connectivity index (χ0) is 14.9. The van der Waals surface area contributed by atoms with Crippen LogP contribution in [0.3, 0.4) is 0 Å². The summed E-state index contributed by atoms with van der Waals surface area (Å²) in [6, 6.07) is 10.3. The molecule has 4 nitrogen and oxygen atoms in total. The molecule has 114 valence electrons. The number of benzene rings is 1. The zero-order valence-electron chi connectivity index (χ0n) is 12.0. The molecule has 1 aromatic carbocycles. The number of sulfone groups is 1. The topological polar surface area (TPSA) is 63.2 Å². The molecule has 5 heteroatoms. The lowest BCUT2D eigenvalue weighted by molar-refractivity contribution is -0.121. The largest absolute Gasteiger partial charge is 0.355 e. The highest BCUT2D eigenvalue weighted by molar-refractivity contribution is 7.91. The van der Waals surface area contributed by atoms with Crippen molar-refractivity contribution in [3.63, 3.8) is 0 Å². The van der Waals surface area contributed by atoms with Crippen molar-refractivity contribution in [3.8, 4) is 0 Å². The van der Waals surface area contributed by atoms with Crippen LogP contribution in [0.25, 0.3) is 0 Å². The Hall–Kier alpha value is -1.36. The van der Waals surface area contributed by atoms with E-state index in [0.717, 1.165) is 12.8 Å². The maximum absolute atomic E-state index is 12.0. The number of hydrogen-bond acceptors (Lipinski definition) is 3. The van der Waals surface area contributed by atoms with Gasteiger partial charge in [0.05, 0.1) is 11.5 Å². The van der Waals surface area contributed by atoms with Gasteiger partial charge in [0.1, 0.15) is 0 Å². The third-order valence-corrected chi connectivity index (χ3v) is 6.50. The maximum Gasteiger partial charge on any atom is 0.220 e. The second-order valence-corrected chi connectivity index (χ2v) is 8.62. The van der Waals surface area contributed by atoms with Gasteiger partial charge in [0.25, 0.3) is 0 Å². The molecular weight excluding hydrogens is 286 g/mol. The highest BCUT2D eigenvalue weighted by Crippen LogP contribution is 2.47. The lowest BCUT2D eigenvalue weighted by atomic mass is 9.96. The summed E-state index contributed by atoms with van der Waals surface area (Å²) in [5, 5.41) is 3.00. The molecule has 3 rings (SSSR count). The smallest absolute Gasteiger partial charge is 0.220 e. The average molecular weight is 307 g/mol. The van der Waals surface area contributed by atoms with Crippen LogP contribution in [0.15, 0.2) is 30.3 Å². The fraction of sp³-hybridized carbons (Fsp3) is 0.562. The van der Waals surface area contributed by atoms with E-state index in [2.05, 4.69) is 17.4 Å². The number of rotatable bonds is 5. The van der Waals surface area contributed by atoms with Crippen LogP contribution in [0, 0.1) is 5.92 Å². The van der Waals surface area contributed by atoms with Crippen molar-refractivity contribution in [3.05, 3.63) is 35.9 Å². The van der Waals surface area contributed by atoms with Crippen molar-refractivity contribution in [1.29, 1.82) is 0 Å². The van der Waals surface area contributed by atoms with E-state index in [1.807, 2.05) is 18.2 Å². The highest BCUT2D eigenvalue weighted by atomic mass is 32.2. The van der Waals surface area contributed by atoms with E-state index in [4.69, 9.17) is 0 Å². The predicted molar refractivity (Wildman–Crippen MR) is 81.7 cm³/mol. The van der Waals surface area contributed by atoms with E-state index >= 15 is 0 Å². The Morgan fingerprint density at radius 1 is 1.24 bits per heavy atom. The molecule has 0 bridgehead atoms. The first kappa shape index (κ1) is 14.6. The lowest BCUT2D eigenvalue weighted by Crippen LogP contribution is -2.33. The molecule has 1 aromatic rings. The number of amides is 1. The summed E-state index contributed by atoms with van der Waals surface area (Å²) in [4.78, 5) is 12.0. The molecule has 1 aliphatic heterocycles. The minimum Gasteiger partial charge on any atom is -0.355 e. The van der Waals surface area contributed by atoms with Gasteiger partial charge in [-0.1, -0.05) is 30.3 Å². The molecule has 1 N–H and O–H groups in total. The number of carbonyl (C=O) groups excluding carboxylic acids is 1. The minimum absolute atomic E-state index is 0.00174. The van der Waals surface area contributed by atoms with E-state index in [0.29, 0.717) is 19.4 Å². The normalized spacial score (nSPS) is 25.4. The molecule has 2 aliphatic rings. The van der Waals surface area contributed by atoms with Crippen molar-refractivity contribution < 1.29 is 13.2 Å². The molecule has 0 spiro atoms. The van der Waals surface area contributed by atoms with Crippen molar-refractivity contribution in [2.24, 2.45) is 5.92 Å². The lowest BCUT2D eigenvalue weighted by Gasteiger charge is -2.17. The fourth-order valence-corrected chi connectivity index (χ4v) is 5.01. The second kappa shape index (κ2) is 5.44. The van der Waals surface area contributed by atoms with E-state index < -0.39 is 9.84 Å². The Morgan fingerprint density at radius 3 is 2.52 bits per heavy atom. The van der Waals surface area contributed by atoms with Crippen LogP contribution in [0.2, 0.25) is 0 Å². The molecule has 1 unspecified atom stereocenters. The minimum atomic E-state index is -2.90. The van der Waals surface area contributed by atoms with Gasteiger partial charge in [0.2, 0.25) is 5.91 Å². The first-order valence-corrected chi connectivity index (χ1v) is 9.34. The molecule has 1 saturated heterocycles. The zero-order valence-corrected chi connectivity index (χ0v) is 12.9. The van der Waals surface area contributed by atoms with Gasteiger partial charge in [-0.3, -0.25) is 4.79 Å². The predicted octanol–water partition coefficient (Wildman–Crippen LogP) is 1.66. The molecule has 21 heavy (non-hydrogen) atoms. The molecule has 1 aliphatic carbocycles. The highest BCUT2D eigenvalue weighted by Gasteiger charge is 2.44. The van der Waals surface area contributed by atoms with E-state index in [1.165, 1.54) is 5.56 Å². The Kier molecular flexibility index (Phi) is 3.78. The standard InChI is InChI=1S/C16H21NO3S/c18-15(10-13-6-9-21(19,20)11-13)17-12-16(7-8-16)14-4-2-1-3-5-14/h1-5,13H,6-12H2,(H,17,18). The number of carbonyl (C=O) groups is 1. The quantitative estimate of drug-likeness (QED) is 0.900. The van der Waals surface area contributed by atoms with Crippen LogP contribution in [-0.2, 0) is 20.0 Å². The van der Waals surface area contributed by atoms with E-state index in [-0.39, 0.29) is 28.7 Å². The maximum atomic E-state index is 12.0. The molecule has 1 atom stereocenters. The van der Waals surface area contributed by atoms with E-state index in [1.54, 1.807) is 0 Å². The van der Waals surface area contributed by atoms with Gasteiger partial charge in [-0.25, -0.2) is 8.42 Å². The summed E-state index contributed by atoms with van der Waals surface area (Å²) in [6.07, 6.45) is 3.17. The summed E-state index contributed by atoms with van der Waals surface area (Å²) in [5.74, 6) is 0.393. The van der Waals surface area contributed by atoms with Gasteiger partial charge >= 0.3 is 0 Å². The number of hydrogen-bond donors (Lipinski definition) is 1. The molecule has 2 fully saturated rings. The second-order valence-electron chi connectivity index (χ2n) is 6.40. The Balaban J connectivity index is 1.51. The Morgan fingerprint density at radius 2 is 1.95 bits per heavy atom. The third kappa shape index (κ3) is 3.46. The van der Waals surface area contributed by atoms with Crippen molar-refractivity contribution >= 4 is 15.7 Å². The number of nitrogens with one attached hydrogen (secondary N) is 1. The van der Waals surface area contributed by atoms with Crippen LogP contribution >= 0.6 is 0 Å². The summed E-state index contributed by atoms with van der Waals surface area (Å²) < 4.78 is 22.8. The summed E-state index contributed by atoms with van der Waals surface area (Å²) in [6.45, 7) is 0.662. The van der Waals surface area contributed by atoms with Crippen LogP contribution < -0.4 is 5.32 Å². The summed E-state index contributed by atoms with van der Waals surface area (Å²) in [5.41, 5.74) is 1.40. The first-order valence-electron chi connectivity index (χ1n) is 7.52. The van der Waals surface area contributed by atoms with Crippen molar-refractivity contribution in [1.82, 2.24) is 5.32 Å². The van der Waals surface area contributed by atoms with Gasteiger partial charge in [-0.05, 0) is 30.7 Å². The molecular formula is C16H21NO3S. The first-order chi connectivity index (χ1) is 9.99. The average Bonchev–Trinajstić information content (AvgIpc) is 3.18. The third-order valence-electron chi connectivity index (χ3n) is 4.66. The molecule has 1 amide bonds. The van der Waals surface area contributed by atoms with Gasteiger partial charge < -0.3 is 5.32 Å². The van der Waals surface area contributed by atoms with Gasteiger partial charge in [-0.15, -0.1) is 0 Å². The molecule has 1 heterocycles. The van der Waals surface area contributed by atoms with Gasteiger partial charge in [0.15, 0.2) is 9.84 Å². The Labute approximate surface area is 125 Å². The SMILES string of the molecule is O=C(CC1CCS(=O)(=O)C1)NCC1(c2ccccc2)CC1. The van der Waals surface area contributed by atoms with Gasteiger partial charge in [0, 0.05) is 18.4 Å². The van der Waals surface area contributed by atoms with Crippen LogP contribution in [-0.4, -0.2) is 32.4 Å². The monoisotopic (exact) mass is 307 g/mol. The van der Waals surface area contributed by atoms with Crippen LogP contribution in [0.1, 0.15) is 31.2 Å². The van der Waals surface area contributed by atoms with E-state index in [9.17, 15) is 13.2 Å². The van der Waals surface area contributed by atoms with Crippen LogP contribution in [0.4, 0.5) is 0 Å². The Bertz CT molecular complexity index is 620. The van der Waals surface area contributed by atoms with Gasteiger partial charge in [-0.2, -0.15) is 0 Å². The molecule has 1 saturated carbocycles.